The van der Waals surface area contributed by atoms with Crippen molar-refractivity contribution in [2.45, 2.75) is 17.5 Å². The van der Waals surface area contributed by atoms with Crippen LogP contribution in [-0.2, 0) is 12.3 Å². The quantitative estimate of drug-likeness (QED) is 0.447. The molecule has 0 radical (unpaired) electrons. The molecule has 132 valence electrons. The normalized spacial score (nSPS) is 11.0. The highest BCUT2D eigenvalue weighted by atomic mass is 32.2. The van der Waals surface area contributed by atoms with Gasteiger partial charge in [0.15, 0.2) is 0 Å². The highest BCUT2D eigenvalue weighted by molar-refractivity contribution is 7.98. The van der Waals surface area contributed by atoms with Crippen LogP contribution >= 0.6 is 23.1 Å². The van der Waals surface area contributed by atoms with Crippen LogP contribution in [0, 0.1) is 0 Å². The number of nitrogens with zero attached hydrogens (tertiary/aromatic N) is 6. The highest BCUT2D eigenvalue weighted by Crippen LogP contribution is 2.28. The van der Waals surface area contributed by atoms with E-state index >= 15 is 0 Å². The number of benzene rings is 1. The van der Waals surface area contributed by atoms with E-state index in [4.69, 9.17) is 9.26 Å². The summed E-state index contributed by atoms with van der Waals surface area (Å²) in [4.78, 5) is 5.63. The minimum atomic E-state index is 0.479. The van der Waals surface area contributed by atoms with Gasteiger partial charge in [-0.25, -0.2) is 4.68 Å². The maximum absolute atomic E-state index is 5.35. The van der Waals surface area contributed by atoms with Crippen molar-refractivity contribution in [1.82, 2.24) is 30.3 Å². The molecule has 0 saturated heterocycles. The smallest absolute Gasteiger partial charge is 0.237 e. The van der Waals surface area contributed by atoms with Crippen LogP contribution in [0.1, 0.15) is 10.8 Å². The summed E-state index contributed by atoms with van der Waals surface area (Å²) in [5.74, 6) is 2.18. The summed E-state index contributed by atoms with van der Waals surface area (Å²) in [5.41, 5.74) is 0.789. The first-order chi connectivity index (χ1) is 12.8. The van der Waals surface area contributed by atoms with E-state index in [0.717, 1.165) is 5.56 Å². The lowest BCUT2D eigenvalue weighted by Crippen LogP contribution is -2.02. The summed E-state index contributed by atoms with van der Waals surface area (Å²) in [6.45, 7) is 0.642. The zero-order valence-corrected chi connectivity index (χ0v) is 15.4. The Morgan fingerprint density at radius 3 is 3.00 bits per heavy atom. The number of hydrogen-bond acceptors (Lipinski definition) is 9. The summed E-state index contributed by atoms with van der Waals surface area (Å²) in [6, 6.07) is 11.6. The van der Waals surface area contributed by atoms with E-state index in [1.165, 1.54) is 16.6 Å². The Labute approximate surface area is 157 Å². The van der Waals surface area contributed by atoms with Gasteiger partial charge in [0.1, 0.15) is 5.75 Å². The molecule has 0 aliphatic heterocycles. The maximum atomic E-state index is 5.35. The largest absolute Gasteiger partial charge is 0.496 e. The molecule has 8 nitrogen and oxygen atoms in total. The van der Waals surface area contributed by atoms with Gasteiger partial charge in [-0.3, -0.25) is 0 Å². The van der Waals surface area contributed by atoms with Gasteiger partial charge in [-0.1, -0.05) is 35.1 Å². The Hall–Kier alpha value is -2.72. The first-order valence-corrected chi connectivity index (χ1v) is 9.57. The van der Waals surface area contributed by atoms with Gasteiger partial charge in [0, 0.05) is 4.88 Å². The molecule has 0 fully saturated rings. The first-order valence-electron chi connectivity index (χ1n) is 7.71. The number of aromatic nitrogens is 6. The Morgan fingerprint density at radius 2 is 2.15 bits per heavy atom. The fraction of sp³-hybridized carbons (Fsp3) is 0.188. The van der Waals surface area contributed by atoms with E-state index in [0.29, 0.717) is 34.9 Å². The van der Waals surface area contributed by atoms with Gasteiger partial charge >= 0.3 is 0 Å². The van der Waals surface area contributed by atoms with Crippen molar-refractivity contribution in [2.75, 3.05) is 7.11 Å². The molecule has 0 atom stereocenters. The fourth-order valence-corrected chi connectivity index (χ4v) is 3.73. The second-order valence-electron chi connectivity index (χ2n) is 5.20. The van der Waals surface area contributed by atoms with E-state index in [2.05, 4.69) is 31.7 Å². The van der Waals surface area contributed by atoms with Gasteiger partial charge in [-0.05, 0) is 34.0 Å². The van der Waals surface area contributed by atoms with E-state index in [1.54, 1.807) is 23.1 Å². The number of para-hydroxylation sites is 1. The maximum Gasteiger partial charge on any atom is 0.237 e. The summed E-state index contributed by atoms with van der Waals surface area (Å²) in [7, 11) is 1.61. The van der Waals surface area contributed by atoms with Crippen LogP contribution in [0.3, 0.4) is 0 Å². The second kappa shape index (κ2) is 7.67. The van der Waals surface area contributed by atoms with Crippen LogP contribution in [0.2, 0.25) is 0 Å². The van der Waals surface area contributed by atoms with E-state index in [9.17, 15) is 0 Å². The molecular weight excluding hydrogens is 372 g/mol. The summed E-state index contributed by atoms with van der Waals surface area (Å²) in [6.07, 6.45) is 0. The Bertz CT molecular complexity index is 982. The summed E-state index contributed by atoms with van der Waals surface area (Å²) < 4.78 is 12.4. The number of ether oxygens (including phenoxy) is 1. The predicted octanol–water partition coefficient (Wildman–Crippen LogP) is 3.13. The van der Waals surface area contributed by atoms with E-state index in [-0.39, 0.29) is 0 Å². The lowest BCUT2D eigenvalue weighted by atomic mass is 10.2. The minimum absolute atomic E-state index is 0.479. The fourth-order valence-electron chi connectivity index (χ4n) is 2.33. The van der Waals surface area contributed by atoms with Gasteiger partial charge in [-0.15, -0.1) is 16.4 Å². The number of rotatable bonds is 7. The van der Waals surface area contributed by atoms with Crippen LogP contribution < -0.4 is 4.74 Å². The van der Waals surface area contributed by atoms with Crippen molar-refractivity contribution in [3.8, 4) is 17.1 Å². The van der Waals surface area contributed by atoms with Gasteiger partial charge < -0.3 is 9.26 Å². The third-order valence-corrected chi connectivity index (χ3v) is 5.33. The molecule has 0 aliphatic rings. The van der Waals surface area contributed by atoms with Crippen LogP contribution in [0.4, 0.5) is 0 Å². The topological polar surface area (TPSA) is 91.8 Å². The molecule has 1 aromatic carbocycles. The molecule has 0 N–H and O–H groups in total. The molecule has 26 heavy (non-hydrogen) atoms. The molecule has 0 unspecified atom stereocenters. The Balaban J connectivity index is 1.45. The van der Waals surface area contributed by atoms with Crippen molar-refractivity contribution < 1.29 is 9.26 Å². The average molecular weight is 386 g/mol. The molecular formula is C16H14N6O2S2. The number of hydrogen-bond donors (Lipinski definition) is 0. The van der Waals surface area contributed by atoms with Gasteiger partial charge in [0.05, 0.1) is 25.0 Å². The lowest BCUT2D eigenvalue weighted by Gasteiger charge is -2.03. The molecule has 3 heterocycles. The minimum Gasteiger partial charge on any atom is -0.496 e. The summed E-state index contributed by atoms with van der Waals surface area (Å²) in [5, 5.41) is 18.6. The molecule has 4 rings (SSSR count). The van der Waals surface area contributed by atoms with Gasteiger partial charge in [-0.2, -0.15) is 4.98 Å². The summed E-state index contributed by atoms with van der Waals surface area (Å²) >= 11 is 3.12. The average Bonchev–Trinajstić information content (AvgIpc) is 3.43. The van der Waals surface area contributed by atoms with Crippen molar-refractivity contribution in [1.29, 1.82) is 0 Å². The molecule has 3 aromatic heterocycles. The van der Waals surface area contributed by atoms with Crippen LogP contribution in [0.5, 0.6) is 5.75 Å². The zero-order valence-electron chi connectivity index (χ0n) is 13.8. The van der Waals surface area contributed by atoms with E-state index in [1.807, 2.05) is 35.7 Å². The van der Waals surface area contributed by atoms with Gasteiger partial charge in [0.25, 0.3) is 0 Å². The molecule has 0 saturated carbocycles. The molecule has 0 aliphatic carbocycles. The molecule has 10 heteroatoms. The van der Waals surface area contributed by atoms with Crippen molar-refractivity contribution in [3.63, 3.8) is 0 Å². The molecule has 0 spiro atoms. The van der Waals surface area contributed by atoms with Crippen LogP contribution in [-0.4, -0.2) is 37.5 Å². The van der Waals surface area contributed by atoms with Crippen molar-refractivity contribution in [3.05, 3.63) is 52.5 Å². The van der Waals surface area contributed by atoms with Crippen LogP contribution in [0.15, 0.2) is 51.5 Å². The van der Waals surface area contributed by atoms with Crippen LogP contribution in [0.25, 0.3) is 11.4 Å². The van der Waals surface area contributed by atoms with Crippen molar-refractivity contribution >= 4 is 23.1 Å². The SMILES string of the molecule is COc1ccccc1-c1noc(CSc2nnnn2Cc2cccs2)n1. The highest BCUT2D eigenvalue weighted by Gasteiger charge is 2.15. The Morgan fingerprint density at radius 1 is 1.23 bits per heavy atom. The number of methoxy groups -OCH3 is 1. The van der Waals surface area contributed by atoms with Crippen molar-refractivity contribution in [2.24, 2.45) is 0 Å². The second-order valence-corrected chi connectivity index (χ2v) is 7.17. The molecule has 0 bridgehead atoms. The zero-order chi connectivity index (χ0) is 17.8. The third kappa shape index (κ3) is 3.60. The van der Waals surface area contributed by atoms with Gasteiger partial charge in [0.2, 0.25) is 16.9 Å². The number of tetrazole rings is 1. The standard InChI is InChI=1S/C16H14N6O2S2/c1-23-13-7-3-2-6-12(13)15-17-14(24-19-15)10-26-16-18-20-21-22(16)9-11-5-4-8-25-11/h2-8H,9-10H2,1H3. The third-order valence-electron chi connectivity index (χ3n) is 3.53. The Kier molecular flexibility index (Phi) is 4.93. The molecule has 4 aromatic rings. The monoisotopic (exact) mass is 386 g/mol. The lowest BCUT2D eigenvalue weighted by molar-refractivity contribution is 0.390. The first kappa shape index (κ1) is 16.7. The van der Waals surface area contributed by atoms with E-state index < -0.39 is 0 Å². The number of thioether (sulfide) groups is 1. The number of thiophene rings is 1. The predicted molar refractivity (Wildman–Crippen MR) is 97.1 cm³/mol. The molecule has 0 amide bonds.